The first-order valence-corrected chi connectivity index (χ1v) is 10.1. The molecule has 0 aliphatic rings. The van der Waals surface area contributed by atoms with Crippen LogP contribution in [0.2, 0.25) is 5.02 Å². The molecule has 2 heterocycles. The SMILES string of the molecule is O=C(Cc1csc(-c2cccc(Cl)c2)n1)Nc1cc(C(F)(F)F)ccc1-n1cncn1. The van der Waals surface area contributed by atoms with Crippen molar-refractivity contribution in [3.8, 4) is 16.3 Å². The molecule has 0 unspecified atom stereocenters. The Morgan fingerprint density at radius 1 is 1.19 bits per heavy atom. The molecule has 2 aromatic heterocycles. The molecule has 4 rings (SSSR count). The van der Waals surface area contributed by atoms with Gasteiger partial charge in [-0.3, -0.25) is 4.79 Å². The Labute approximate surface area is 183 Å². The normalized spacial score (nSPS) is 11.5. The molecule has 31 heavy (non-hydrogen) atoms. The molecule has 0 saturated heterocycles. The molecule has 0 aliphatic heterocycles. The molecule has 0 fully saturated rings. The lowest BCUT2D eigenvalue weighted by atomic mass is 10.1. The summed E-state index contributed by atoms with van der Waals surface area (Å²) in [5.41, 5.74) is 0.651. The van der Waals surface area contributed by atoms with E-state index in [1.54, 1.807) is 23.6 Å². The first kappa shape index (κ1) is 21.0. The number of benzene rings is 2. The largest absolute Gasteiger partial charge is 0.416 e. The summed E-state index contributed by atoms with van der Waals surface area (Å²) in [6.07, 6.45) is -2.09. The van der Waals surface area contributed by atoms with Crippen molar-refractivity contribution in [1.82, 2.24) is 19.7 Å². The summed E-state index contributed by atoms with van der Waals surface area (Å²) in [7, 11) is 0. The predicted molar refractivity (Wildman–Crippen MR) is 111 cm³/mol. The minimum atomic E-state index is -4.55. The topological polar surface area (TPSA) is 72.7 Å². The summed E-state index contributed by atoms with van der Waals surface area (Å²) in [5.74, 6) is -0.511. The van der Waals surface area contributed by atoms with Crippen LogP contribution in [0, 0.1) is 0 Å². The minimum absolute atomic E-state index is 0.0318. The van der Waals surface area contributed by atoms with Gasteiger partial charge < -0.3 is 5.32 Å². The Balaban J connectivity index is 1.56. The third-order valence-electron chi connectivity index (χ3n) is 4.23. The number of rotatable bonds is 5. The van der Waals surface area contributed by atoms with E-state index in [0.717, 1.165) is 17.7 Å². The summed E-state index contributed by atoms with van der Waals surface area (Å²) in [6, 6.07) is 10.2. The van der Waals surface area contributed by atoms with Crippen LogP contribution in [0.4, 0.5) is 18.9 Å². The third kappa shape index (κ3) is 4.92. The Hall–Kier alpha value is -3.24. The van der Waals surface area contributed by atoms with E-state index in [9.17, 15) is 18.0 Å². The molecule has 4 aromatic rings. The maximum atomic E-state index is 13.2. The summed E-state index contributed by atoms with van der Waals surface area (Å²) in [5, 5.41) is 9.44. The Kier molecular flexibility index (Phi) is 5.75. The molecule has 2 aromatic carbocycles. The van der Waals surface area contributed by atoms with Crippen molar-refractivity contribution in [2.45, 2.75) is 12.6 Å². The number of nitrogens with zero attached hydrogens (tertiary/aromatic N) is 4. The highest BCUT2D eigenvalue weighted by Crippen LogP contribution is 2.33. The number of alkyl halides is 3. The van der Waals surface area contributed by atoms with E-state index >= 15 is 0 Å². The van der Waals surface area contributed by atoms with Gasteiger partial charge in [0, 0.05) is 16.0 Å². The lowest BCUT2D eigenvalue weighted by Gasteiger charge is -2.14. The van der Waals surface area contributed by atoms with Gasteiger partial charge in [0.2, 0.25) is 5.91 Å². The molecule has 158 valence electrons. The zero-order chi connectivity index (χ0) is 22.0. The van der Waals surface area contributed by atoms with Gasteiger partial charge in [-0.25, -0.2) is 14.6 Å². The zero-order valence-electron chi connectivity index (χ0n) is 15.6. The van der Waals surface area contributed by atoms with E-state index in [4.69, 9.17) is 11.6 Å². The van der Waals surface area contributed by atoms with E-state index < -0.39 is 17.6 Å². The second-order valence-corrected chi connectivity index (χ2v) is 7.74. The van der Waals surface area contributed by atoms with Crippen molar-refractivity contribution < 1.29 is 18.0 Å². The highest BCUT2D eigenvalue weighted by molar-refractivity contribution is 7.13. The Bertz CT molecular complexity index is 1220. The molecular formula is C20H13ClF3N5OS. The van der Waals surface area contributed by atoms with Gasteiger partial charge in [0.25, 0.3) is 0 Å². The number of hydrogen-bond acceptors (Lipinski definition) is 5. The lowest BCUT2D eigenvalue weighted by Crippen LogP contribution is -2.17. The van der Waals surface area contributed by atoms with Gasteiger partial charge in [-0.1, -0.05) is 23.7 Å². The number of thiazole rings is 1. The van der Waals surface area contributed by atoms with Crippen LogP contribution in [0.3, 0.4) is 0 Å². The molecule has 0 aliphatic carbocycles. The van der Waals surface area contributed by atoms with Crippen molar-refractivity contribution in [2.24, 2.45) is 0 Å². The highest BCUT2D eigenvalue weighted by Gasteiger charge is 2.31. The van der Waals surface area contributed by atoms with Crippen LogP contribution in [0.5, 0.6) is 0 Å². The number of anilines is 1. The minimum Gasteiger partial charge on any atom is -0.324 e. The number of aromatic nitrogens is 4. The van der Waals surface area contributed by atoms with Gasteiger partial charge >= 0.3 is 6.18 Å². The number of carbonyl (C=O) groups is 1. The van der Waals surface area contributed by atoms with E-state index in [-0.39, 0.29) is 17.8 Å². The molecule has 11 heteroatoms. The first-order valence-electron chi connectivity index (χ1n) is 8.86. The molecule has 0 radical (unpaired) electrons. The fourth-order valence-corrected chi connectivity index (χ4v) is 3.85. The predicted octanol–water partition coefficient (Wildman–Crippen LogP) is 5.24. The monoisotopic (exact) mass is 463 g/mol. The molecule has 6 nitrogen and oxygen atoms in total. The van der Waals surface area contributed by atoms with Crippen LogP contribution >= 0.6 is 22.9 Å². The van der Waals surface area contributed by atoms with E-state index in [2.05, 4.69) is 20.4 Å². The van der Waals surface area contributed by atoms with Gasteiger partial charge in [0.05, 0.1) is 29.1 Å². The molecular weight excluding hydrogens is 451 g/mol. The summed E-state index contributed by atoms with van der Waals surface area (Å²) < 4.78 is 40.7. The fourth-order valence-electron chi connectivity index (χ4n) is 2.85. The molecule has 1 N–H and O–H groups in total. The summed E-state index contributed by atoms with van der Waals surface area (Å²) in [6.45, 7) is 0. The highest BCUT2D eigenvalue weighted by atomic mass is 35.5. The summed E-state index contributed by atoms with van der Waals surface area (Å²) in [4.78, 5) is 20.8. The van der Waals surface area contributed by atoms with Crippen molar-refractivity contribution in [1.29, 1.82) is 0 Å². The molecule has 0 bridgehead atoms. The standard InChI is InChI=1S/C20H13ClF3N5OS/c21-14-3-1-2-12(6-14)19-27-15(9-31-19)8-18(30)28-16-7-13(20(22,23)24)4-5-17(16)29-11-25-10-26-29/h1-7,9-11H,8H2,(H,28,30). The van der Waals surface area contributed by atoms with Gasteiger partial charge in [-0.05, 0) is 30.3 Å². The smallest absolute Gasteiger partial charge is 0.324 e. The lowest BCUT2D eigenvalue weighted by molar-refractivity contribution is -0.137. The van der Waals surface area contributed by atoms with Crippen LogP contribution in [0.1, 0.15) is 11.3 Å². The van der Waals surface area contributed by atoms with Crippen molar-refractivity contribution in [3.05, 3.63) is 76.8 Å². The molecule has 0 atom stereocenters. The van der Waals surface area contributed by atoms with Gasteiger partial charge in [-0.15, -0.1) is 11.3 Å². The van der Waals surface area contributed by atoms with E-state index in [1.807, 2.05) is 6.07 Å². The Morgan fingerprint density at radius 3 is 2.74 bits per heavy atom. The Morgan fingerprint density at radius 2 is 2.03 bits per heavy atom. The molecule has 0 saturated carbocycles. The van der Waals surface area contributed by atoms with Crippen LogP contribution in [0.15, 0.2) is 60.5 Å². The molecule has 0 spiro atoms. The number of nitrogens with one attached hydrogen (secondary N) is 1. The van der Waals surface area contributed by atoms with E-state index in [0.29, 0.717) is 15.7 Å². The van der Waals surface area contributed by atoms with Gasteiger partial charge in [-0.2, -0.15) is 18.3 Å². The van der Waals surface area contributed by atoms with Crippen molar-refractivity contribution >= 4 is 34.5 Å². The summed E-state index contributed by atoms with van der Waals surface area (Å²) >= 11 is 7.34. The fraction of sp³-hybridized carbons (Fsp3) is 0.100. The second-order valence-electron chi connectivity index (χ2n) is 6.45. The van der Waals surface area contributed by atoms with Crippen molar-refractivity contribution in [3.63, 3.8) is 0 Å². The van der Waals surface area contributed by atoms with Crippen molar-refractivity contribution in [2.75, 3.05) is 5.32 Å². The van der Waals surface area contributed by atoms with E-state index in [1.165, 1.54) is 34.7 Å². The quantitative estimate of drug-likeness (QED) is 0.439. The number of halogens is 4. The van der Waals surface area contributed by atoms with Crippen LogP contribution in [0.25, 0.3) is 16.3 Å². The molecule has 1 amide bonds. The second kappa shape index (κ2) is 8.48. The van der Waals surface area contributed by atoms with Gasteiger partial charge in [0.1, 0.15) is 17.7 Å². The first-order chi connectivity index (χ1) is 14.8. The van der Waals surface area contributed by atoms with Crippen LogP contribution < -0.4 is 5.32 Å². The average Bonchev–Trinajstić information content (AvgIpc) is 3.39. The zero-order valence-corrected chi connectivity index (χ0v) is 17.2. The van der Waals surface area contributed by atoms with Crippen LogP contribution in [-0.4, -0.2) is 25.7 Å². The maximum absolute atomic E-state index is 13.2. The number of hydrogen-bond donors (Lipinski definition) is 1. The van der Waals surface area contributed by atoms with Crippen LogP contribution in [-0.2, 0) is 17.4 Å². The number of carbonyl (C=O) groups excluding carboxylic acids is 1. The average molecular weight is 464 g/mol. The number of amides is 1. The van der Waals surface area contributed by atoms with Gasteiger partial charge in [0.15, 0.2) is 0 Å². The third-order valence-corrected chi connectivity index (χ3v) is 5.40. The maximum Gasteiger partial charge on any atom is 0.416 e.